The highest BCUT2D eigenvalue weighted by Gasteiger charge is 2.39. The molecule has 4 aromatic rings. The van der Waals surface area contributed by atoms with E-state index < -0.39 is 35.0 Å². The van der Waals surface area contributed by atoms with E-state index in [4.69, 9.17) is 9.15 Å². The zero-order valence-corrected chi connectivity index (χ0v) is 17.0. The first-order chi connectivity index (χ1) is 15.2. The molecule has 0 fully saturated rings. The molecule has 1 unspecified atom stereocenters. The third-order valence-electron chi connectivity index (χ3n) is 5.03. The van der Waals surface area contributed by atoms with Crippen molar-refractivity contribution in [1.82, 2.24) is 0 Å². The van der Waals surface area contributed by atoms with Crippen LogP contribution in [0.2, 0.25) is 0 Å². The maximum Gasteiger partial charge on any atom is 0.450 e. The number of hydrogen-bond donors (Lipinski definition) is 0. The molecular weight excluding hydrogens is 425 g/mol. The Morgan fingerprint density at radius 1 is 1.00 bits per heavy atom. The van der Waals surface area contributed by atoms with Crippen LogP contribution < -0.4 is 10.2 Å². The molecule has 1 atom stereocenters. The minimum atomic E-state index is -4.92. The van der Waals surface area contributed by atoms with Crippen molar-refractivity contribution in [1.29, 1.82) is 0 Å². The summed E-state index contributed by atoms with van der Waals surface area (Å²) in [6.07, 6.45) is -5.92. The maximum atomic E-state index is 14.0. The van der Waals surface area contributed by atoms with Crippen molar-refractivity contribution in [2.24, 2.45) is 0 Å². The summed E-state index contributed by atoms with van der Waals surface area (Å²) < 4.78 is 57.1. The van der Waals surface area contributed by atoms with E-state index in [1.807, 2.05) is 0 Å². The molecule has 4 rings (SSSR count). The van der Waals surface area contributed by atoms with E-state index in [1.165, 1.54) is 32.2 Å². The van der Waals surface area contributed by atoms with E-state index in [-0.39, 0.29) is 22.3 Å². The molecule has 5 nitrogen and oxygen atoms in total. The first kappa shape index (κ1) is 21.4. The van der Waals surface area contributed by atoms with Gasteiger partial charge in [-0.05, 0) is 35.4 Å². The van der Waals surface area contributed by atoms with E-state index in [0.29, 0.717) is 10.8 Å². The van der Waals surface area contributed by atoms with Gasteiger partial charge in [-0.15, -0.1) is 0 Å². The minimum absolute atomic E-state index is 0.0426. The lowest BCUT2D eigenvalue weighted by molar-refractivity contribution is -0.152. The molecule has 0 bridgehead atoms. The number of alkyl halides is 3. The molecule has 0 saturated carbocycles. The molecule has 0 aliphatic rings. The van der Waals surface area contributed by atoms with Crippen LogP contribution in [0.25, 0.3) is 32.9 Å². The zero-order valence-electron chi connectivity index (χ0n) is 17.0. The van der Waals surface area contributed by atoms with Crippen molar-refractivity contribution in [3.8, 4) is 16.9 Å². The predicted octanol–water partition coefficient (Wildman–Crippen LogP) is 5.57. The molecular formula is C24H17F3O5. The Morgan fingerprint density at radius 3 is 2.44 bits per heavy atom. The number of fused-ring (bicyclic) bond motifs is 2. The van der Waals surface area contributed by atoms with Crippen LogP contribution >= 0.6 is 0 Å². The Kier molecular flexibility index (Phi) is 5.38. The number of hydrogen-bond acceptors (Lipinski definition) is 5. The number of carbonyl (C=O) groups is 1. The summed E-state index contributed by atoms with van der Waals surface area (Å²) in [6, 6.07) is 15.5. The van der Waals surface area contributed by atoms with Crippen LogP contribution in [0.15, 0.2) is 69.9 Å². The summed E-state index contributed by atoms with van der Waals surface area (Å²) >= 11 is 0. The van der Waals surface area contributed by atoms with Gasteiger partial charge < -0.3 is 13.9 Å². The number of halogens is 3. The number of carbonyl (C=O) groups excluding carboxylic acids is 1. The van der Waals surface area contributed by atoms with Gasteiger partial charge in [0.25, 0.3) is 0 Å². The number of esters is 1. The summed E-state index contributed by atoms with van der Waals surface area (Å²) in [4.78, 5) is 24.8. The summed E-state index contributed by atoms with van der Waals surface area (Å²) in [5, 5.41) is 1.15. The van der Waals surface area contributed by atoms with Gasteiger partial charge in [-0.1, -0.05) is 42.5 Å². The Balaban J connectivity index is 1.96. The molecule has 8 heteroatoms. The van der Waals surface area contributed by atoms with Crippen molar-refractivity contribution in [2.75, 3.05) is 7.11 Å². The second-order valence-corrected chi connectivity index (χ2v) is 7.10. The van der Waals surface area contributed by atoms with Gasteiger partial charge in [0.1, 0.15) is 11.3 Å². The highest BCUT2D eigenvalue weighted by atomic mass is 19.4. The second kappa shape index (κ2) is 8.03. The minimum Gasteiger partial charge on any atom is -0.479 e. The van der Waals surface area contributed by atoms with Crippen LogP contribution in [0, 0.1) is 0 Å². The normalized spacial score (nSPS) is 12.7. The average molecular weight is 442 g/mol. The molecule has 0 amide bonds. The van der Waals surface area contributed by atoms with Gasteiger partial charge in [-0.25, -0.2) is 4.79 Å². The SMILES string of the molecule is COC(=O)C(C)Oc1ccc2c(=O)c(-c3cccc4ccccc34)c(C(F)(F)F)oc2c1. The van der Waals surface area contributed by atoms with Gasteiger partial charge in [-0.3, -0.25) is 4.79 Å². The molecule has 0 spiro atoms. The standard InChI is InChI=1S/C24H17F3O5/c1-13(23(29)30-2)31-15-10-11-18-19(12-15)32-22(24(25,26)27)20(21(18)28)17-9-5-7-14-6-3-4-8-16(14)17/h3-13H,1-2H3. The van der Waals surface area contributed by atoms with E-state index >= 15 is 0 Å². The van der Waals surface area contributed by atoms with E-state index in [9.17, 15) is 22.8 Å². The van der Waals surface area contributed by atoms with Crippen molar-refractivity contribution >= 4 is 27.7 Å². The van der Waals surface area contributed by atoms with Gasteiger partial charge in [0.2, 0.25) is 11.2 Å². The van der Waals surface area contributed by atoms with Crippen LogP contribution in [0.5, 0.6) is 5.75 Å². The van der Waals surface area contributed by atoms with Crippen LogP contribution in [0.4, 0.5) is 13.2 Å². The first-order valence-corrected chi connectivity index (χ1v) is 9.61. The van der Waals surface area contributed by atoms with Crippen molar-refractivity contribution < 1.29 is 31.9 Å². The summed E-state index contributed by atoms with van der Waals surface area (Å²) in [5.74, 6) is -2.00. The average Bonchev–Trinajstić information content (AvgIpc) is 2.77. The highest BCUT2D eigenvalue weighted by molar-refractivity contribution is 5.98. The van der Waals surface area contributed by atoms with Crippen LogP contribution in [-0.2, 0) is 15.7 Å². The van der Waals surface area contributed by atoms with E-state index in [1.54, 1.807) is 36.4 Å². The van der Waals surface area contributed by atoms with Crippen LogP contribution in [0.1, 0.15) is 12.7 Å². The molecule has 0 aliphatic carbocycles. The topological polar surface area (TPSA) is 65.7 Å². The molecule has 0 N–H and O–H groups in total. The van der Waals surface area contributed by atoms with Gasteiger partial charge in [0.05, 0.1) is 18.1 Å². The molecule has 0 radical (unpaired) electrons. The predicted molar refractivity (Wildman–Crippen MR) is 113 cm³/mol. The number of ether oxygens (including phenoxy) is 2. The van der Waals surface area contributed by atoms with E-state index in [0.717, 1.165) is 6.07 Å². The summed E-state index contributed by atoms with van der Waals surface area (Å²) in [7, 11) is 1.19. The third-order valence-corrected chi connectivity index (χ3v) is 5.03. The summed E-state index contributed by atoms with van der Waals surface area (Å²) in [5.41, 5.74) is -1.55. The smallest absolute Gasteiger partial charge is 0.450 e. The van der Waals surface area contributed by atoms with E-state index in [2.05, 4.69) is 4.74 Å². The quantitative estimate of drug-likeness (QED) is 0.387. The second-order valence-electron chi connectivity index (χ2n) is 7.10. The molecule has 3 aromatic carbocycles. The number of rotatable bonds is 4. The van der Waals surface area contributed by atoms with Crippen molar-refractivity contribution in [3.05, 3.63) is 76.6 Å². The molecule has 0 aliphatic heterocycles. The number of benzene rings is 3. The molecule has 32 heavy (non-hydrogen) atoms. The Labute approximate surface area is 180 Å². The highest BCUT2D eigenvalue weighted by Crippen LogP contribution is 2.39. The van der Waals surface area contributed by atoms with Gasteiger partial charge in [-0.2, -0.15) is 13.2 Å². The Morgan fingerprint density at radius 2 is 1.72 bits per heavy atom. The van der Waals surface area contributed by atoms with Gasteiger partial charge >= 0.3 is 12.1 Å². The van der Waals surface area contributed by atoms with Gasteiger partial charge in [0, 0.05) is 6.07 Å². The van der Waals surface area contributed by atoms with Crippen LogP contribution in [0.3, 0.4) is 0 Å². The first-order valence-electron chi connectivity index (χ1n) is 9.61. The third kappa shape index (κ3) is 3.79. The monoisotopic (exact) mass is 442 g/mol. The molecule has 164 valence electrons. The van der Waals surface area contributed by atoms with Crippen LogP contribution in [-0.4, -0.2) is 19.2 Å². The fraction of sp³-hybridized carbons (Fsp3) is 0.167. The lowest BCUT2D eigenvalue weighted by Crippen LogP contribution is -2.24. The molecule has 1 heterocycles. The Bertz CT molecular complexity index is 1380. The molecule has 0 saturated heterocycles. The largest absolute Gasteiger partial charge is 0.479 e. The lowest BCUT2D eigenvalue weighted by atomic mass is 9.96. The van der Waals surface area contributed by atoms with Crippen molar-refractivity contribution in [3.63, 3.8) is 0 Å². The Hall–Kier alpha value is -3.81. The fourth-order valence-electron chi connectivity index (χ4n) is 3.55. The summed E-state index contributed by atoms with van der Waals surface area (Å²) in [6.45, 7) is 1.43. The zero-order chi connectivity index (χ0) is 23.0. The number of methoxy groups -OCH3 is 1. The lowest BCUT2D eigenvalue weighted by Gasteiger charge is -2.16. The molecule has 1 aromatic heterocycles. The van der Waals surface area contributed by atoms with Crippen molar-refractivity contribution in [2.45, 2.75) is 19.2 Å². The maximum absolute atomic E-state index is 14.0. The van der Waals surface area contributed by atoms with Gasteiger partial charge in [0.15, 0.2) is 6.10 Å². The fourth-order valence-corrected chi connectivity index (χ4v) is 3.55.